The highest BCUT2D eigenvalue weighted by molar-refractivity contribution is 7.80. The van der Waals surface area contributed by atoms with Crippen LogP contribution in [0, 0.1) is 11.3 Å². The van der Waals surface area contributed by atoms with E-state index in [1.807, 2.05) is 0 Å². The molecule has 0 radical (unpaired) electrons. The lowest BCUT2D eigenvalue weighted by atomic mass is 9.56. The van der Waals surface area contributed by atoms with Gasteiger partial charge in [-0.2, -0.15) is 0 Å². The van der Waals surface area contributed by atoms with Gasteiger partial charge in [0.05, 0.1) is 6.10 Å². The van der Waals surface area contributed by atoms with E-state index in [2.05, 4.69) is 35.4 Å². The van der Waals surface area contributed by atoms with Gasteiger partial charge in [-0.1, -0.05) is 37.6 Å². The smallest absolute Gasteiger partial charge is 0.257 e. The monoisotopic (exact) mass is 400 g/mol. The van der Waals surface area contributed by atoms with Crippen LogP contribution in [0.1, 0.15) is 64.2 Å². The van der Waals surface area contributed by atoms with Gasteiger partial charge in [-0.05, 0) is 80.6 Å². The van der Waals surface area contributed by atoms with Gasteiger partial charge >= 0.3 is 0 Å². The van der Waals surface area contributed by atoms with E-state index in [1.54, 1.807) is 7.11 Å². The van der Waals surface area contributed by atoms with Crippen molar-refractivity contribution in [1.82, 2.24) is 10.6 Å². The van der Waals surface area contributed by atoms with Gasteiger partial charge in [-0.25, -0.2) is 0 Å². The molecule has 4 nitrogen and oxygen atoms in total. The third-order valence-corrected chi connectivity index (χ3v) is 7.59. The molecule has 1 atom stereocenters. The summed E-state index contributed by atoms with van der Waals surface area (Å²) < 4.78 is 5.61. The molecule has 0 bridgehead atoms. The van der Waals surface area contributed by atoms with Crippen LogP contribution in [0.3, 0.4) is 0 Å². The minimum atomic E-state index is -0.848. The zero-order valence-electron chi connectivity index (χ0n) is 16.9. The van der Waals surface area contributed by atoms with Gasteiger partial charge in [0, 0.05) is 12.5 Å². The molecule has 2 saturated carbocycles. The fraction of sp³-hybridized carbons (Fsp3) is 0.652. The molecule has 5 heteroatoms. The van der Waals surface area contributed by atoms with Gasteiger partial charge in [-0.3, -0.25) is 4.79 Å². The Labute approximate surface area is 173 Å². The maximum absolute atomic E-state index is 13.4. The van der Waals surface area contributed by atoms with Gasteiger partial charge in [-0.15, -0.1) is 0 Å². The van der Waals surface area contributed by atoms with Crippen LogP contribution in [0.4, 0.5) is 0 Å². The molecule has 1 amide bonds. The van der Waals surface area contributed by atoms with Crippen molar-refractivity contribution in [3.63, 3.8) is 0 Å². The lowest BCUT2D eigenvalue weighted by Crippen LogP contribution is -2.62. The number of fused-ring (bicyclic) bond motifs is 1. The van der Waals surface area contributed by atoms with E-state index in [9.17, 15) is 4.79 Å². The standard InChI is InChI=1S/C23H32N2O2S/c1-16-15-18(9-8-17-6-7-17)5-3-4-12-22(13-10-19(27-2)11-14-22)23(16)20(26)24-21(28)25-23/h3,5,15,17,19H,1,4,6-14H2,2H3,(H2,24,25,26,28)/b5-3-,18-15+. The van der Waals surface area contributed by atoms with Gasteiger partial charge in [0.15, 0.2) is 5.11 Å². The van der Waals surface area contributed by atoms with Crippen molar-refractivity contribution >= 4 is 23.2 Å². The predicted molar refractivity (Wildman–Crippen MR) is 116 cm³/mol. The number of nitrogens with one attached hydrogen (secondary N) is 2. The number of methoxy groups -OCH3 is 1. The van der Waals surface area contributed by atoms with E-state index in [-0.39, 0.29) is 17.4 Å². The van der Waals surface area contributed by atoms with E-state index < -0.39 is 5.54 Å². The summed E-state index contributed by atoms with van der Waals surface area (Å²) in [5.74, 6) is 0.860. The number of carbonyl (C=O) groups excluding carboxylic acids is 1. The minimum Gasteiger partial charge on any atom is -0.381 e. The molecule has 0 aromatic rings. The molecule has 0 aromatic heterocycles. The fourth-order valence-corrected chi connectivity index (χ4v) is 5.74. The van der Waals surface area contributed by atoms with Crippen molar-refractivity contribution in [3.05, 3.63) is 36.0 Å². The van der Waals surface area contributed by atoms with E-state index in [4.69, 9.17) is 17.0 Å². The van der Waals surface area contributed by atoms with E-state index >= 15 is 0 Å². The van der Waals surface area contributed by atoms with Crippen LogP contribution in [-0.2, 0) is 9.53 Å². The van der Waals surface area contributed by atoms with Crippen LogP contribution < -0.4 is 10.6 Å². The Bertz CT molecular complexity index is 729. The minimum absolute atomic E-state index is 0.0296. The summed E-state index contributed by atoms with van der Waals surface area (Å²) in [6.45, 7) is 4.43. The zero-order valence-corrected chi connectivity index (χ0v) is 17.7. The molecule has 1 heterocycles. The number of hydrogen-bond donors (Lipinski definition) is 2. The third-order valence-electron chi connectivity index (χ3n) is 7.39. The van der Waals surface area contributed by atoms with E-state index in [0.717, 1.165) is 56.4 Å². The second kappa shape index (κ2) is 7.75. The summed E-state index contributed by atoms with van der Waals surface area (Å²) in [6.07, 6.45) is 17.7. The number of carbonyl (C=O) groups is 1. The van der Waals surface area contributed by atoms with Crippen LogP contribution in [0.25, 0.3) is 0 Å². The van der Waals surface area contributed by atoms with Crippen molar-refractivity contribution in [2.45, 2.75) is 75.9 Å². The Kier molecular flexibility index (Phi) is 5.49. The molecule has 1 aliphatic heterocycles. The van der Waals surface area contributed by atoms with Gasteiger partial charge in [0.2, 0.25) is 0 Å². The van der Waals surface area contributed by atoms with Crippen LogP contribution >= 0.6 is 12.2 Å². The van der Waals surface area contributed by atoms with Crippen molar-refractivity contribution in [3.8, 4) is 0 Å². The summed E-state index contributed by atoms with van der Waals surface area (Å²) in [4.78, 5) is 13.4. The molecule has 4 aliphatic rings. The number of rotatable bonds is 4. The Morgan fingerprint density at radius 3 is 2.61 bits per heavy atom. The Balaban J connectivity index is 1.70. The molecule has 1 unspecified atom stereocenters. The summed E-state index contributed by atoms with van der Waals surface area (Å²) in [5, 5.41) is 6.73. The average molecular weight is 401 g/mol. The first-order valence-corrected chi connectivity index (χ1v) is 11.1. The van der Waals surface area contributed by atoms with Crippen LogP contribution in [0.2, 0.25) is 0 Å². The molecular formula is C23H32N2O2S. The molecule has 2 spiro atoms. The first-order chi connectivity index (χ1) is 13.5. The fourth-order valence-electron chi connectivity index (χ4n) is 5.49. The number of hydrogen-bond acceptors (Lipinski definition) is 3. The number of allylic oxidation sites excluding steroid dienone is 3. The molecular weight excluding hydrogens is 368 g/mol. The highest BCUT2D eigenvalue weighted by Gasteiger charge is 2.61. The second-order valence-corrected chi connectivity index (χ2v) is 9.45. The predicted octanol–water partition coefficient (Wildman–Crippen LogP) is 4.33. The summed E-state index contributed by atoms with van der Waals surface area (Å²) in [6, 6.07) is 0. The Hall–Kier alpha value is -1.46. The molecule has 1 saturated heterocycles. The summed E-state index contributed by atoms with van der Waals surface area (Å²) in [7, 11) is 1.79. The van der Waals surface area contributed by atoms with Gasteiger partial charge < -0.3 is 15.4 Å². The number of thiocarbonyl (C=S) groups is 1. The van der Waals surface area contributed by atoms with Crippen molar-refractivity contribution in [1.29, 1.82) is 0 Å². The van der Waals surface area contributed by atoms with Crippen LogP contribution in [-0.4, -0.2) is 29.8 Å². The summed E-state index contributed by atoms with van der Waals surface area (Å²) >= 11 is 5.39. The first-order valence-electron chi connectivity index (χ1n) is 10.7. The topological polar surface area (TPSA) is 50.4 Å². The molecule has 4 rings (SSSR count). The lowest BCUT2D eigenvalue weighted by Gasteiger charge is -2.51. The highest BCUT2D eigenvalue weighted by atomic mass is 32.1. The van der Waals surface area contributed by atoms with E-state index in [1.165, 1.54) is 24.8 Å². The number of amides is 1. The maximum atomic E-state index is 13.4. The van der Waals surface area contributed by atoms with Gasteiger partial charge in [0.1, 0.15) is 5.54 Å². The van der Waals surface area contributed by atoms with Crippen molar-refractivity contribution < 1.29 is 9.53 Å². The SMILES string of the molecule is C=C1/C=C(CCC2CC2)\C=C/CCC2(CCC(OC)CC2)C12NC(=S)NC2=O. The quantitative estimate of drug-likeness (QED) is 0.690. The first kappa shape index (κ1) is 19.8. The highest BCUT2D eigenvalue weighted by Crippen LogP contribution is 2.53. The Morgan fingerprint density at radius 1 is 1.25 bits per heavy atom. The average Bonchev–Trinajstić information content (AvgIpc) is 3.45. The molecule has 2 N–H and O–H groups in total. The summed E-state index contributed by atoms with van der Waals surface area (Å²) in [5.41, 5.74) is 1.10. The van der Waals surface area contributed by atoms with Crippen LogP contribution in [0.15, 0.2) is 36.0 Å². The number of ether oxygens (including phenoxy) is 1. The van der Waals surface area contributed by atoms with E-state index in [0.29, 0.717) is 5.11 Å². The van der Waals surface area contributed by atoms with Crippen LogP contribution in [0.5, 0.6) is 0 Å². The molecule has 0 aromatic carbocycles. The largest absolute Gasteiger partial charge is 0.381 e. The van der Waals surface area contributed by atoms with Crippen molar-refractivity contribution in [2.24, 2.45) is 11.3 Å². The molecule has 3 aliphatic carbocycles. The molecule has 152 valence electrons. The Morgan fingerprint density at radius 2 is 2.00 bits per heavy atom. The zero-order chi connectivity index (χ0) is 19.8. The lowest BCUT2D eigenvalue weighted by molar-refractivity contribution is -0.129. The molecule has 28 heavy (non-hydrogen) atoms. The normalized spacial score (nSPS) is 39.0. The van der Waals surface area contributed by atoms with Gasteiger partial charge in [0.25, 0.3) is 5.91 Å². The van der Waals surface area contributed by atoms with Crippen molar-refractivity contribution in [2.75, 3.05) is 7.11 Å². The third kappa shape index (κ3) is 3.48. The second-order valence-electron chi connectivity index (χ2n) is 9.04. The molecule has 3 fully saturated rings. The maximum Gasteiger partial charge on any atom is 0.257 e.